The summed E-state index contributed by atoms with van der Waals surface area (Å²) in [7, 11) is 0. The van der Waals surface area contributed by atoms with Crippen LogP contribution in [0.3, 0.4) is 0 Å². The van der Waals surface area contributed by atoms with Crippen molar-refractivity contribution in [3.63, 3.8) is 0 Å². The molecule has 86 valence electrons. The fourth-order valence-electron chi connectivity index (χ4n) is 1.87. The van der Waals surface area contributed by atoms with Gasteiger partial charge in [-0.25, -0.2) is 4.98 Å². The maximum Gasteiger partial charge on any atom is 0.0958 e. The molecule has 4 nitrogen and oxygen atoms in total. The van der Waals surface area contributed by atoms with Crippen LogP contribution in [0.1, 0.15) is 6.92 Å². The van der Waals surface area contributed by atoms with E-state index in [2.05, 4.69) is 14.9 Å². The molecule has 1 aromatic carbocycles. The van der Waals surface area contributed by atoms with Gasteiger partial charge in [0.25, 0.3) is 0 Å². The molecule has 1 heterocycles. The monoisotopic (exact) mass is 219 g/mol. The predicted molar refractivity (Wildman–Crippen MR) is 64.3 cm³/mol. The number of rotatable bonds is 5. The number of hydrogen-bond acceptors (Lipinski definition) is 3. The molecule has 2 N–H and O–H groups in total. The van der Waals surface area contributed by atoms with Gasteiger partial charge in [-0.3, -0.25) is 0 Å². The Hall–Kier alpha value is -1.39. The highest BCUT2D eigenvalue weighted by molar-refractivity contribution is 5.74. The molecule has 0 spiro atoms. The number of hydrogen-bond donors (Lipinski definition) is 2. The minimum atomic E-state index is 0.0857. The highest BCUT2D eigenvalue weighted by Gasteiger charge is 2.08. The third-order valence-corrected chi connectivity index (χ3v) is 2.66. The summed E-state index contributed by atoms with van der Waals surface area (Å²) in [6.45, 7) is 3.78. The molecule has 0 saturated heterocycles. The van der Waals surface area contributed by atoms with Crippen LogP contribution in [-0.4, -0.2) is 33.9 Å². The van der Waals surface area contributed by atoms with E-state index in [9.17, 15) is 5.11 Å². The topological polar surface area (TPSA) is 50.1 Å². The quantitative estimate of drug-likeness (QED) is 0.789. The van der Waals surface area contributed by atoms with Gasteiger partial charge in [0.05, 0.1) is 24.0 Å². The summed E-state index contributed by atoms with van der Waals surface area (Å²) < 4.78 is 2.07. The fraction of sp³-hybridized carbons (Fsp3) is 0.417. The third kappa shape index (κ3) is 2.23. The first kappa shape index (κ1) is 11.1. The molecule has 0 bridgehead atoms. The molecular formula is C12H17N3O. The zero-order valence-corrected chi connectivity index (χ0v) is 9.43. The van der Waals surface area contributed by atoms with Crippen LogP contribution in [0.25, 0.3) is 11.0 Å². The van der Waals surface area contributed by atoms with Crippen molar-refractivity contribution in [1.29, 1.82) is 0 Å². The van der Waals surface area contributed by atoms with Crippen molar-refractivity contribution in [3.05, 3.63) is 30.6 Å². The molecule has 0 aliphatic carbocycles. The summed E-state index contributed by atoms with van der Waals surface area (Å²) in [6, 6.07) is 8.10. The summed E-state index contributed by atoms with van der Waals surface area (Å²) >= 11 is 0. The Labute approximate surface area is 94.9 Å². The lowest BCUT2D eigenvalue weighted by Crippen LogP contribution is -2.36. The Balaban J connectivity index is 2.20. The number of aliphatic hydroxyl groups is 1. The summed E-state index contributed by atoms with van der Waals surface area (Å²) in [4.78, 5) is 4.32. The molecule has 16 heavy (non-hydrogen) atoms. The number of benzene rings is 1. The average molecular weight is 219 g/mol. The van der Waals surface area contributed by atoms with E-state index in [0.29, 0.717) is 0 Å². The summed E-state index contributed by atoms with van der Waals surface area (Å²) in [6.07, 6.45) is 1.82. The van der Waals surface area contributed by atoms with E-state index in [-0.39, 0.29) is 12.6 Å². The highest BCUT2D eigenvalue weighted by Crippen LogP contribution is 2.11. The van der Waals surface area contributed by atoms with Crippen LogP contribution in [0.4, 0.5) is 0 Å². The first-order chi connectivity index (χ1) is 7.85. The molecule has 0 aliphatic heterocycles. The van der Waals surface area contributed by atoms with Crippen molar-refractivity contribution in [2.75, 3.05) is 13.2 Å². The Morgan fingerprint density at radius 1 is 1.44 bits per heavy atom. The molecule has 0 aliphatic rings. The molecule has 2 rings (SSSR count). The summed E-state index contributed by atoms with van der Waals surface area (Å²) in [5, 5.41) is 12.5. The maximum absolute atomic E-state index is 9.23. The summed E-state index contributed by atoms with van der Waals surface area (Å²) in [5.41, 5.74) is 2.11. The van der Waals surface area contributed by atoms with Gasteiger partial charge >= 0.3 is 0 Å². The van der Waals surface area contributed by atoms with E-state index >= 15 is 0 Å². The average Bonchev–Trinajstić information content (AvgIpc) is 2.72. The largest absolute Gasteiger partial charge is 0.395 e. The van der Waals surface area contributed by atoms with E-state index in [0.717, 1.165) is 24.1 Å². The van der Waals surface area contributed by atoms with E-state index in [4.69, 9.17) is 0 Å². The Morgan fingerprint density at radius 2 is 2.25 bits per heavy atom. The lowest BCUT2D eigenvalue weighted by atomic mass is 10.3. The molecular weight excluding hydrogens is 202 g/mol. The fourth-order valence-corrected chi connectivity index (χ4v) is 1.87. The molecule has 1 atom stereocenters. The Bertz CT molecular complexity index is 452. The van der Waals surface area contributed by atoms with E-state index in [1.54, 1.807) is 0 Å². The zero-order valence-electron chi connectivity index (χ0n) is 9.43. The standard InChI is InChI=1S/C12H17N3O/c1-2-13-10(8-16)7-15-9-14-11-5-3-4-6-12(11)15/h3-6,9-10,13,16H,2,7-8H2,1H3. The van der Waals surface area contributed by atoms with Crippen LogP contribution >= 0.6 is 0 Å². The molecule has 0 saturated carbocycles. The summed E-state index contributed by atoms with van der Waals surface area (Å²) in [5.74, 6) is 0. The lowest BCUT2D eigenvalue weighted by molar-refractivity contribution is 0.231. The van der Waals surface area contributed by atoms with Crippen molar-refractivity contribution in [2.45, 2.75) is 19.5 Å². The van der Waals surface area contributed by atoms with Gasteiger partial charge in [0.1, 0.15) is 0 Å². The van der Waals surface area contributed by atoms with Crippen LogP contribution in [0.15, 0.2) is 30.6 Å². The molecule has 0 fully saturated rings. The SMILES string of the molecule is CCNC(CO)Cn1cnc2ccccc21. The second-order valence-electron chi connectivity index (χ2n) is 3.82. The number of para-hydroxylation sites is 2. The number of fused-ring (bicyclic) bond motifs is 1. The number of imidazole rings is 1. The number of nitrogens with zero attached hydrogens (tertiary/aromatic N) is 2. The number of aromatic nitrogens is 2. The maximum atomic E-state index is 9.23. The van der Waals surface area contributed by atoms with Crippen LogP contribution in [-0.2, 0) is 6.54 Å². The second kappa shape index (κ2) is 5.09. The minimum absolute atomic E-state index is 0.0857. The molecule has 1 unspecified atom stereocenters. The van der Waals surface area contributed by atoms with Crippen molar-refractivity contribution >= 4 is 11.0 Å². The number of aliphatic hydroxyl groups excluding tert-OH is 1. The van der Waals surface area contributed by atoms with Gasteiger partial charge in [0.2, 0.25) is 0 Å². The molecule has 2 aromatic rings. The third-order valence-electron chi connectivity index (χ3n) is 2.66. The van der Waals surface area contributed by atoms with Crippen LogP contribution in [0.5, 0.6) is 0 Å². The van der Waals surface area contributed by atoms with Crippen LogP contribution < -0.4 is 5.32 Å². The zero-order chi connectivity index (χ0) is 11.4. The molecule has 1 aromatic heterocycles. The van der Waals surface area contributed by atoms with Crippen LogP contribution in [0, 0.1) is 0 Å². The van der Waals surface area contributed by atoms with Gasteiger partial charge in [-0.05, 0) is 18.7 Å². The van der Waals surface area contributed by atoms with Crippen molar-refractivity contribution in [1.82, 2.24) is 14.9 Å². The highest BCUT2D eigenvalue weighted by atomic mass is 16.3. The normalized spacial score (nSPS) is 13.1. The Kier molecular flexibility index (Phi) is 3.54. The molecule has 0 amide bonds. The van der Waals surface area contributed by atoms with Gasteiger partial charge in [-0.15, -0.1) is 0 Å². The minimum Gasteiger partial charge on any atom is -0.395 e. The van der Waals surface area contributed by atoms with E-state index in [1.165, 1.54) is 0 Å². The molecule has 0 radical (unpaired) electrons. The van der Waals surface area contributed by atoms with Crippen molar-refractivity contribution in [2.24, 2.45) is 0 Å². The van der Waals surface area contributed by atoms with Gasteiger partial charge in [-0.2, -0.15) is 0 Å². The van der Waals surface area contributed by atoms with Gasteiger partial charge in [0, 0.05) is 12.6 Å². The number of nitrogens with one attached hydrogen (secondary N) is 1. The Morgan fingerprint density at radius 3 is 3.00 bits per heavy atom. The van der Waals surface area contributed by atoms with Crippen molar-refractivity contribution in [3.8, 4) is 0 Å². The first-order valence-corrected chi connectivity index (χ1v) is 5.59. The van der Waals surface area contributed by atoms with Crippen molar-refractivity contribution < 1.29 is 5.11 Å². The van der Waals surface area contributed by atoms with Crippen LogP contribution in [0.2, 0.25) is 0 Å². The lowest BCUT2D eigenvalue weighted by Gasteiger charge is -2.15. The van der Waals surface area contributed by atoms with E-state index in [1.807, 2.05) is 37.5 Å². The smallest absolute Gasteiger partial charge is 0.0958 e. The second-order valence-corrected chi connectivity index (χ2v) is 3.82. The van der Waals surface area contributed by atoms with Gasteiger partial charge < -0.3 is 15.0 Å². The molecule has 4 heteroatoms. The predicted octanol–water partition coefficient (Wildman–Crippen LogP) is 1.01. The van der Waals surface area contributed by atoms with Gasteiger partial charge in [-0.1, -0.05) is 19.1 Å². The van der Waals surface area contributed by atoms with Gasteiger partial charge in [0.15, 0.2) is 0 Å². The first-order valence-electron chi connectivity index (χ1n) is 5.59. The number of likely N-dealkylation sites (N-methyl/N-ethyl adjacent to an activating group) is 1. The van der Waals surface area contributed by atoms with E-state index < -0.39 is 0 Å².